The fourth-order valence-corrected chi connectivity index (χ4v) is 6.17. The number of hydrogen-bond acceptors (Lipinski definition) is 8. The van der Waals surface area contributed by atoms with Crippen molar-refractivity contribution in [3.63, 3.8) is 0 Å². The number of hydrogen-bond donors (Lipinski definition) is 1. The molecule has 0 bridgehead atoms. The average molecular weight is 591 g/mol. The molecular formula is C32H42N4O5Si. The van der Waals surface area contributed by atoms with Gasteiger partial charge in [-0.1, -0.05) is 45.0 Å². The third-order valence-electron chi connectivity index (χ3n) is 8.76. The third-order valence-corrected chi connectivity index (χ3v) is 13.3. The molecule has 1 atom stereocenters. The van der Waals surface area contributed by atoms with Crippen molar-refractivity contribution in [2.45, 2.75) is 70.8 Å². The molecule has 224 valence electrons. The summed E-state index contributed by atoms with van der Waals surface area (Å²) < 4.78 is 19.1. The maximum atomic E-state index is 13.9. The van der Waals surface area contributed by atoms with Crippen LogP contribution < -0.4 is 15.8 Å². The number of ether oxygens (including phenoxy) is 1. The molecule has 1 saturated heterocycles. The van der Waals surface area contributed by atoms with Crippen LogP contribution in [0, 0.1) is 0 Å². The normalized spacial score (nSPS) is 15.2. The summed E-state index contributed by atoms with van der Waals surface area (Å²) in [5.41, 5.74) is 2.21. The lowest BCUT2D eigenvalue weighted by Crippen LogP contribution is -2.42. The van der Waals surface area contributed by atoms with Crippen molar-refractivity contribution >= 4 is 47.9 Å². The van der Waals surface area contributed by atoms with Crippen LogP contribution in [-0.2, 0) is 20.5 Å². The molecule has 9 nitrogen and oxygen atoms in total. The minimum absolute atomic E-state index is 0.0177. The first-order chi connectivity index (χ1) is 20.0. The quantitative estimate of drug-likeness (QED) is 0.175. The topological polar surface area (TPSA) is 98.8 Å². The summed E-state index contributed by atoms with van der Waals surface area (Å²) in [6, 6.07) is 13.7. The summed E-state index contributed by atoms with van der Waals surface area (Å²) in [4.78, 5) is 33.0. The number of fused-ring (bicyclic) bond motifs is 3. The molecule has 0 amide bonds. The Morgan fingerprint density at radius 3 is 2.50 bits per heavy atom. The molecule has 10 heteroatoms. The fourth-order valence-electron chi connectivity index (χ4n) is 5.15. The second kappa shape index (κ2) is 11.9. The maximum Gasteiger partial charge on any atom is 0.325 e. The predicted molar refractivity (Wildman–Crippen MR) is 170 cm³/mol. The molecule has 42 heavy (non-hydrogen) atoms. The van der Waals surface area contributed by atoms with Crippen molar-refractivity contribution in [2.24, 2.45) is 0 Å². The van der Waals surface area contributed by atoms with Crippen molar-refractivity contribution in [2.75, 3.05) is 37.0 Å². The van der Waals surface area contributed by atoms with Gasteiger partial charge < -0.3 is 23.8 Å². The first-order valence-corrected chi connectivity index (χ1v) is 17.6. The van der Waals surface area contributed by atoms with Crippen molar-refractivity contribution in [3.8, 4) is 0 Å². The zero-order valence-corrected chi connectivity index (χ0v) is 26.5. The molecule has 3 heterocycles. The number of para-hydroxylation sites is 1. The van der Waals surface area contributed by atoms with Crippen LogP contribution in [0.1, 0.15) is 51.6 Å². The highest BCUT2D eigenvalue weighted by molar-refractivity contribution is 6.74. The van der Waals surface area contributed by atoms with E-state index in [9.17, 15) is 9.59 Å². The second-order valence-corrected chi connectivity index (χ2v) is 17.4. The third kappa shape index (κ3) is 6.10. The molecule has 5 rings (SSSR count). The highest BCUT2D eigenvalue weighted by Crippen LogP contribution is 2.38. The van der Waals surface area contributed by atoms with Gasteiger partial charge in [-0.2, -0.15) is 0 Å². The molecular weight excluding hydrogens is 548 g/mol. The van der Waals surface area contributed by atoms with Crippen LogP contribution in [0.3, 0.4) is 0 Å². The summed E-state index contributed by atoms with van der Waals surface area (Å²) in [5.74, 6) is 0.319. The van der Waals surface area contributed by atoms with Crippen LogP contribution in [0.25, 0.3) is 21.9 Å². The van der Waals surface area contributed by atoms with E-state index in [0.29, 0.717) is 12.4 Å². The van der Waals surface area contributed by atoms with Crippen LogP contribution in [-0.4, -0.2) is 50.6 Å². The summed E-state index contributed by atoms with van der Waals surface area (Å²) in [6.07, 6.45) is 4.91. The Labute approximate surface area is 247 Å². The SMILES string of the molecule is COC(=O)Cn1c(N2CCCCC2)cnc(N[C@H](CO[Si](C)(C)C(C)(C)C)c2ccc3oc4ccccc4c3c2)c1=O. The number of aromatic nitrogens is 2. The van der Waals surface area contributed by atoms with Crippen LogP contribution >= 0.6 is 0 Å². The Bertz CT molecular complexity index is 1630. The van der Waals surface area contributed by atoms with E-state index in [2.05, 4.69) is 55.1 Å². The van der Waals surface area contributed by atoms with Gasteiger partial charge in [-0.05, 0) is 61.2 Å². The number of anilines is 2. The molecule has 1 aliphatic heterocycles. The van der Waals surface area contributed by atoms with Gasteiger partial charge in [0.05, 0.1) is 26.0 Å². The Kier molecular flexibility index (Phi) is 8.48. The number of nitrogens with one attached hydrogen (secondary N) is 1. The van der Waals surface area contributed by atoms with Gasteiger partial charge in [0.1, 0.15) is 23.5 Å². The first kappa shape index (κ1) is 29.8. The molecule has 0 spiro atoms. The predicted octanol–water partition coefficient (Wildman–Crippen LogP) is 6.48. The van der Waals surface area contributed by atoms with Crippen LogP contribution in [0.4, 0.5) is 11.6 Å². The average Bonchev–Trinajstić information content (AvgIpc) is 3.34. The van der Waals surface area contributed by atoms with E-state index in [-0.39, 0.29) is 29.0 Å². The Morgan fingerprint density at radius 1 is 1.07 bits per heavy atom. The number of methoxy groups -OCH3 is 1. The van der Waals surface area contributed by atoms with Crippen LogP contribution in [0.2, 0.25) is 18.1 Å². The molecule has 0 saturated carbocycles. The number of nitrogens with zero attached hydrogens (tertiary/aromatic N) is 3. The molecule has 1 N–H and O–H groups in total. The number of benzene rings is 2. The highest BCUT2D eigenvalue weighted by Gasteiger charge is 2.38. The molecule has 4 aromatic rings. The van der Waals surface area contributed by atoms with E-state index < -0.39 is 14.3 Å². The molecule has 2 aromatic carbocycles. The first-order valence-electron chi connectivity index (χ1n) is 14.7. The van der Waals surface area contributed by atoms with Gasteiger partial charge in [-0.15, -0.1) is 0 Å². The van der Waals surface area contributed by atoms with E-state index in [1.807, 2.05) is 36.4 Å². The van der Waals surface area contributed by atoms with Gasteiger partial charge in [-0.3, -0.25) is 14.2 Å². The van der Waals surface area contributed by atoms with Crippen molar-refractivity contribution in [1.82, 2.24) is 9.55 Å². The van der Waals surface area contributed by atoms with Crippen LogP contribution in [0.15, 0.2) is 57.9 Å². The summed E-state index contributed by atoms with van der Waals surface area (Å²) in [7, 11) is -0.783. The fraction of sp³-hybridized carbons (Fsp3) is 0.469. The Hall–Kier alpha value is -3.63. The molecule has 2 aromatic heterocycles. The maximum absolute atomic E-state index is 13.9. The number of piperidine rings is 1. The summed E-state index contributed by atoms with van der Waals surface area (Å²) in [5, 5.41) is 5.45. The lowest BCUT2D eigenvalue weighted by molar-refractivity contribution is -0.141. The molecule has 1 fully saturated rings. The van der Waals surface area contributed by atoms with Gasteiger partial charge in [0.2, 0.25) is 0 Å². The van der Waals surface area contributed by atoms with E-state index in [1.54, 1.807) is 6.20 Å². The van der Waals surface area contributed by atoms with Crippen molar-refractivity contribution in [3.05, 3.63) is 64.6 Å². The van der Waals surface area contributed by atoms with Crippen LogP contribution in [0.5, 0.6) is 0 Å². The smallest absolute Gasteiger partial charge is 0.325 e. The van der Waals surface area contributed by atoms with Gasteiger partial charge >= 0.3 is 5.97 Å². The number of esters is 1. The second-order valence-electron chi connectivity index (χ2n) is 12.6. The minimum Gasteiger partial charge on any atom is -0.468 e. The van der Waals surface area contributed by atoms with Crippen molar-refractivity contribution < 1.29 is 18.4 Å². The van der Waals surface area contributed by atoms with Gasteiger partial charge in [0.15, 0.2) is 14.1 Å². The van der Waals surface area contributed by atoms with E-state index in [0.717, 1.165) is 59.9 Å². The van der Waals surface area contributed by atoms with Gasteiger partial charge in [-0.25, -0.2) is 4.98 Å². The highest BCUT2D eigenvalue weighted by atomic mass is 28.4. The summed E-state index contributed by atoms with van der Waals surface area (Å²) >= 11 is 0. The molecule has 0 radical (unpaired) electrons. The Balaban J connectivity index is 1.55. The minimum atomic E-state index is -2.11. The lowest BCUT2D eigenvalue weighted by Gasteiger charge is -2.37. The van der Waals surface area contributed by atoms with Crippen molar-refractivity contribution in [1.29, 1.82) is 0 Å². The molecule has 1 aliphatic rings. The van der Waals surface area contributed by atoms with E-state index >= 15 is 0 Å². The number of carbonyl (C=O) groups is 1. The van der Waals surface area contributed by atoms with Gasteiger partial charge in [0, 0.05) is 23.9 Å². The number of carbonyl (C=O) groups excluding carboxylic acids is 1. The monoisotopic (exact) mass is 590 g/mol. The largest absolute Gasteiger partial charge is 0.468 e. The number of furan rings is 1. The number of rotatable bonds is 9. The van der Waals surface area contributed by atoms with Gasteiger partial charge in [0.25, 0.3) is 5.56 Å². The standard InChI is InChI=1S/C32H42N4O5Si/c1-32(2,3)42(5,6)40-21-25(22-14-15-27-24(18-22)23-12-8-9-13-26(23)41-27)34-30-31(38)36(20-29(37)39-4)28(19-33-30)35-16-10-7-11-17-35/h8-9,12-15,18-19,25H,7,10-11,16-17,20-21H2,1-6H3,(H,33,34)/t25-/m1/s1. The Morgan fingerprint density at radius 2 is 1.79 bits per heavy atom. The molecule has 0 aliphatic carbocycles. The zero-order chi connectivity index (χ0) is 30.1. The lowest BCUT2D eigenvalue weighted by atomic mass is 10.0. The summed E-state index contributed by atoms with van der Waals surface area (Å²) in [6.45, 7) is 12.8. The van der Waals surface area contributed by atoms with E-state index in [1.165, 1.54) is 11.7 Å². The zero-order valence-electron chi connectivity index (χ0n) is 25.5. The van der Waals surface area contributed by atoms with E-state index in [4.69, 9.17) is 13.6 Å². The molecule has 0 unspecified atom stereocenters.